The number of aromatic nitrogens is 4. The van der Waals surface area contributed by atoms with Crippen LogP contribution in [0.3, 0.4) is 0 Å². The molecule has 9 nitrogen and oxygen atoms in total. The lowest BCUT2D eigenvalue weighted by atomic mass is 10.1. The number of carbonyl (C=O) groups excluding carboxylic acids is 1. The third-order valence-corrected chi connectivity index (χ3v) is 7.83. The maximum absolute atomic E-state index is 13.7. The van der Waals surface area contributed by atoms with E-state index in [2.05, 4.69) is 20.5 Å². The van der Waals surface area contributed by atoms with Crippen molar-refractivity contribution in [1.29, 1.82) is 0 Å². The van der Waals surface area contributed by atoms with Crippen molar-refractivity contribution in [2.45, 2.75) is 37.7 Å². The summed E-state index contributed by atoms with van der Waals surface area (Å²) in [6.07, 6.45) is 1.69. The number of amides is 1. The van der Waals surface area contributed by atoms with Crippen LogP contribution in [0, 0.1) is 19.7 Å². The maximum Gasteiger partial charge on any atom is 0.247 e. The quantitative estimate of drug-likeness (QED) is 0.184. The Hall–Kier alpha value is -4.64. The lowest BCUT2D eigenvalue weighted by Crippen LogP contribution is -2.24. The molecule has 0 unspecified atom stereocenters. The van der Waals surface area contributed by atoms with Crippen molar-refractivity contribution in [2.24, 2.45) is 0 Å². The number of nitrogens with zero attached hydrogens (tertiary/aromatic N) is 4. The summed E-state index contributed by atoms with van der Waals surface area (Å²) in [4.78, 5) is 17.8. The van der Waals surface area contributed by atoms with E-state index >= 15 is 0 Å². The molecule has 2 heterocycles. The second-order valence-electron chi connectivity index (χ2n) is 9.61. The number of imidazole rings is 1. The monoisotopic (exact) mass is 587 g/mol. The van der Waals surface area contributed by atoms with Gasteiger partial charge in [0.1, 0.15) is 12.4 Å². The van der Waals surface area contributed by atoms with Crippen LogP contribution in [0.5, 0.6) is 11.5 Å². The summed E-state index contributed by atoms with van der Waals surface area (Å²) in [7, 11) is 3.12. The number of para-hydroxylation sites is 1. The molecular weight excluding hydrogens is 557 g/mol. The number of anilines is 1. The zero-order chi connectivity index (χ0) is 29.8. The van der Waals surface area contributed by atoms with E-state index in [1.54, 1.807) is 50.7 Å². The SMILES string of the molecule is COc1ccc(-c2nnc(Cn3c(-c4ccc(F)cc4)cnc3S[C@H](C)C(=O)Nc3c(C)cccc3C)o2)cc1OC. The molecule has 1 amide bonds. The zero-order valence-electron chi connectivity index (χ0n) is 23.8. The number of halogens is 1. The molecule has 0 bridgehead atoms. The first-order chi connectivity index (χ1) is 20.3. The summed E-state index contributed by atoms with van der Waals surface area (Å²) in [6, 6.07) is 17.3. The topological polar surface area (TPSA) is 104 Å². The van der Waals surface area contributed by atoms with Gasteiger partial charge in [0.05, 0.1) is 31.4 Å². The number of hydrogen-bond acceptors (Lipinski definition) is 8. The molecule has 11 heteroatoms. The average molecular weight is 588 g/mol. The first-order valence-corrected chi connectivity index (χ1v) is 14.0. The largest absolute Gasteiger partial charge is 0.493 e. The van der Waals surface area contributed by atoms with E-state index in [0.717, 1.165) is 22.4 Å². The number of methoxy groups -OCH3 is 2. The van der Waals surface area contributed by atoms with E-state index in [-0.39, 0.29) is 18.3 Å². The molecule has 1 atom stereocenters. The molecule has 0 fully saturated rings. The third-order valence-electron chi connectivity index (χ3n) is 6.73. The van der Waals surface area contributed by atoms with Crippen LogP contribution in [-0.2, 0) is 11.3 Å². The molecular formula is C31H30FN5O4S. The fourth-order valence-electron chi connectivity index (χ4n) is 4.44. The Morgan fingerprint density at radius 2 is 1.69 bits per heavy atom. The molecule has 0 spiro atoms. The third kappa shape index (κ3) is 6.15. The van der Waals surface area contributed by atoms with Gasteiger partial charge in [-0.15, -0.1) is 10.2 Å². The molecule has 0 saturated heterocycles. The highest BCUT2D eigenvalue weighted by atomic mass is 32.2. The molecule has 5 aromatic rings. The molecule has 5 rings (SSSR count). The van der Waals surface area contributed by atoms with Gasteiger partial charge >= 0.3 is 0 Å². The van der Waals surface area contributed by atoms with Crippen LogP contribution >= 0.6 is 11.8 Å². The first-order valence-electron chi connectivity index (χ1n) is 13.2. The van der Waals surface area contributed by atoms with Crippen LogP contribution in [0.1, 0.15) is 23.9 Å². The van der Waals surface area contributed by atoms with E-state index in [4.69, 9.17) is 13.9 Å². The van der Waals surface area contributed by atoms with Crippen molar-refractivity contribution in [3.63, 3.8) is 0 Å². The molecule has 2 aromatic heterocycles. The lowest BCUT2D eigenvalue weighted by molar-refractivity contribution is -0.115. The van der Waals surface area contributed by atoms with Crippen molar-refractivity contribution in [3.05, 3.63) is 89.7 Å². The van der Waals surface area contributed by atoms with Crippen molar-refractivity contribution < 1.29 is 23.1 Å². The lowest BCUT2D eigenvalue weighted by Gasteiger charge is -2.16. The number of benzene rings is 3. The number of hydrogen-bond donors (Lipinski definition) is 1. The number of rotatable bonds is 10. The van der Waals surface area contributed by atoms with Crippen LogP contribution in [0.2, 0.25) is 0 Å². The summed E-state index contributed by atoms with van der Waals surface area (Å²) in [5.74, 6) is 1.27. The summed E-state index contributed by atoms with van der Waals surface area (Å²) in [5.41, 5.74) is 4.92. The van der Waals surface area contributed by atoms with Crippen molar-refractivity contribution >= 4 is 23.4 Å². The molecule has 3 aromatic carbocycles. The molecule has 42 heavy (non-hydrogen) atoms. The van der Waals surface area contributed by atoms with Gasteiger partial charge in [-0.25, -0.2) is 9.37 Å². The van der Waals surface area contributed by atoms with Crippen LogP contribution in [-0.4, -0.2) is 45.1 Å². The Morgan fingerprint density at radius 3 is 2.38 bits per heavy atom. The van der Waals surface area contributed by atoms with Gasteiger partial charge in [0.15, 0.2) is 16.7 Å². The number of ether oxygens (including phenoxy) is 2. The number of carbonyl (C=O) groups is 1. The normalized spacial score (nSPS) is 11.8. The molecule has 216 valence electrons. The second-order valence-corrected chi connectivity index (χ2v) is 10.9. The van der Waals surface area contributed by atoms with Gasteiger partial charge in [0.2, 0.25) is 17.7 Å². The highest BCUT2D eigenvalue weighted by Gasteiger charge is 2.22. The highest BCUT2D eigenvalue weighted by molar-refractivity contribution is 8.00. The molecule has 0 aliphatic heterocycles. The minimum atomic E-state index is -0.476. The van der Waals surface area contributed by atoms with Gasteiger partial charge in [-0.3, -0.25) is 4.79 Å². The van der Waals surface area contributed by atoms with Crippen LogP contribution in [0.25, 0.3) is 22.7 Å². The maximum atomic E-state index is 13.7. The molecule has 0 saturated carbocycles. The molecule has 0 aliphatic rings. The van der Waals surface area contributed by atoms with Crippen LogP contribution < -0.4 is 14.8 Å². The number of thioether (sulfide) groups is 1. The molecule has 0 aliphatic carbocycles. The fraction of sp³-hybridized carbons (Fsp3) is 0.226. The van der Waals surface area contributed by atoms with Gasteiger partial charge in [-0.1, -0.05) is 30.0 Å². The molecule has 0 radical (unpaired) electrons. The van der Waals surface area contributed by atoms with Crippen LogP contribution in [0.4, 0.5) is 10.1 Å². The average Bonchev–Trinajstić information content (AvgIpc) is 3.62. The van der Waals surface area contributed by atoms with Gasteiger partial charge in [0.25, 0.3) is 0 Å². The van der Waals surface area contributed by atoms with E-state index < -0.39 is 5.25 Å². The Balaban J connectivity index is 1.43. The predicted octanol–water partition coefficient (Wildman–Crippen LogP) is 6.54. The standard InChI is InChI=1S/C31H30FN5O4S/c1-18-7-6-8-19(2)28(18)34-29(38)20(3)42-31-33-16-24(21-9-12-23(32)13-10-21)37(31)17-27-35-36-30(41-27)22-11-14-25(39-4)26(15-22)40-5/h6-16,20H,17H2,1-5H3,(H,34,38)/t20-/m1/s1. The van der Waals surface area contributed by atoms with Crippen molar-refractivity contribution in [1.82, 2.24) is 19.7 Å². The Labute approximate surface area is 247 Å². The van der Waals surface area contributed by atoms with Crippen LogP contribution in [0.15, 0.2) is 76.4 Å². The number of aryl methyl sites for hydroxylation is 2. The second kappa shape index (κ2) is 12.5. The predicted molar refractivity (Wildman–Crippen MR) is 159 cm³/mol. The van der Waals surface area contributed by atoms with Gasteiger partial charge in [-0.2, -0.15) is 0 Å². The minimum absolute atomic E-state index is 0.149. The van der Waals surface area contributed by atoms with Crippen molar-refractivity contribution in [2.75, 3.05) is 19.5 Å². The van der Waals surface area contributed by atoms with Gasteiger partial charge in [-0.05, 0) is 79.9 Å². The van der Waals surface area contributed by atoms with Gasteiger partial charge < -0.3 is 23.8 Å². The number of nitrogens with one attached hydrogen (secondary N) is 1. The summed E-state index contributed by atoms with van der Waals surface area (Å²) < 4.78 is 32.3. The first kappa shape index (κ1) is 28.9. The summed E-state index contributed by atoms with van der Waals surface area (Å²) in [6.45, 7) is 5.93. The summed E-state index contributed by atoms with van der Waals surface area (Å²) >= 11 is 1.30. The highest BCUT2D eigenvalue weighted by Crippen LogP contribution is 2.33. The summed E-state index contributed by atoms with van der Waals surface area (Å²) in [5, 5.41) is 11.6. The van der Waals surface area contributed by atoms with Crippen molar-refractivity contribution in [3.8, 4) is 34.2 Å². The minimum Gasteiger partial charge on any atom is -0.493 e. The van der Waals surface area contributed by atoms with E-state index in [1.165, 1.54) is 23.9 Å². The fourth-order valence-corrected chi connectivity index (χ4v) is 5.33. The van der Waals surface area contributed by atoms with E-state index in [0.29, 0.717) is 39.7 Å². The van der Waals surface area contributed by atoms with Gasteiger partial charge in [0, 0.05) is 11.3 Å². The Kier molecular flexibility index (Phi) is 8.58. The Morgan fingerprint density at radius 1 is 1.00 bits per heavy atom. The smallest absolute Gasteiger partial charge is 0.247 e. The zero-order valence-corrected chi connectivity index (χ0v) is 24.7. The van der Waals surface area contributed by atoms with E-state index in [1.807, 2.05) is 43.5 Å². The van der Waals surface area contributed by atoms with E-state index in [9.17, 15) is 9.18 Å². The molecule has 1 N–H and O–H groups in total. The Bertz CT molecular complexity index is 1700.